The highest BCUT2D eigenvalue weighted by atomic mass is 79.9. The van der Waals surface area contributed by atoms with E-state index in [0.29, 0.717) is 42.4 Å². The fraction of sp³-hybridized carbons (Fsp3) is 0.483. The van der Waals surface area contributed by atoms with E-state index in [-0.39, 0.29) is 5.60 Å². The average molecular weight is 586 g/mol. The molecule has 0 saturated carbocycles. The van der Waals surface area contributed by atoms with Gasteiger partial charge in [-0.05, 0) is 66.5 Å². The Bertz CT molecular complexity index is 1350. The predicted octanol–water partition coefficient (Wildman–Crippen LogP) is 6.14. The van der Waals surface area contributed by atoms with Gasteiger partial charge in [0.15, 0.2) is 11.2 Å². The number of aryl methyl sites for hydroxylation is 1. The van der Waals surface area contributed by atoms with Gasteiger partial charge in [-0.15, -0.1) is 6.58 Å². The normalized spacial score (nSPS) is 17.4. The fourth-order valence-electron chi connectivity index (χ4n) is 5.15. The summed E-state index contributed by atoms with van der Waals surface area (Å²) < 4.78 is 15.1. The molecule has 1 N–H and O–H groups in total. The van der Waals surface area contributed by atoms with Gasteiger partial charge in [0.05, 0.1) is 34.8 Å². The predicted molar refractivity (Wildman–Crippen MR) is 153 cm³/mol. The highest BCUT2D eigenvalue weighted by molar-refractivity contribution is 9.10. The van der Waals surface area contributed by atoms with Crippen LogP contribution in [-0.4, -0.2) is 56.6 Å². The monoisotopic (exact) mass is 584 g/mol. The summed E-state index contributed by atoms with van der Waals surface area (Å²) in [6.07, 6.45) is 3.31. The van der Waals surface area contributed by atoms with Gasteiger partial charge in [-0.2, -0.15) is 9.61 Å². The number of halogens is 1. The van der Waals surface area contributed by atoms with Crippen molar-refractivity contribution < 1.29 is 19.4 Å². The van der Waals surface area contributed by atoms with Gasteiger partial charge in [0.1, 0.15) is 5.82 Å². The zero-order valence-electron chi connectivity index (χ0n) is 23.0. The second-order valence-electron chi connectivity index (χ2n) is 11.3. The van der Waals surface area contributed by atoms with Gasteiger partial charge in [0, 0.05) is 29.2 Å². The first-order chi connectivity index (χ1) is 17.8. The van der Waals surface area contributed by atoms with Gasteiger partial charge in [-0.3, -0.25) is 0 Å². The van der Waals surface area contributed by atoms with Crippen molar-refractivity contribution in [2.24, 2.45) is 0 Å². The van der Waals surface area contributed by atoms with E-state index < -0.39 is 17.2 Å². The SMILES string of the molecule is C=CCOC1(C)CCN(c2c(C(C)(OC(C)(C)C)C(=O)O)c(C)nc3cc(-c4cccc(Br)c4)nn23)CC1. The standard InChI is InChI=1S/C29H37BrN4O4/c1-8-16-37-28(6)12-14-33(15-13-28)25-24(29(7,26(35)36)38-27(3,4)5)19(2)31-23-18-22(32-34(23)25)20-10-9-11-21(30)17-20/h8-11,17-18H,1,12-16H2,2-7H3,(H,35,36). The third-order valence-electron chi connectivity index (χ3n) is 6.95. The zero-order chi connectivity index (χ0) is 27.9. The number of fused-ring (bicyclic) bond motifs is 1. The number of anilines is 1. The maximum absolute atomic E-state index is 12.9. The second-order valence-corrected chi connectivity index (χ2v) is 12.2. The van der Waals surface area contributed by atoms with Gasteiger partial charge in [-0.1, -0.05) is 34.1 Å². The molecule has 1 aromatic carbocycles. The number of piperidine rings is 1. The molecule has 0 aliphatic carbocycles. The third-order valence-corrected chi connectivity index (χ3v) is 7.44. The summed E-state index contributed by atoms with van der Waals surface area (Å²) in [6.45, 7) is 16.7. The highest BCUT2D eigenvalue weighted by Crippen LogP contribution is 2.41. The van der Waals surface area contributed by atoms with E-state index in [4.69, 9.17) is 19.6 Å². The van der Waals surface area contributed by atoms with Crippen LogP contribution in [0.4, 0.5) is 5.82 Å². The van der Waals surface area contributed by atoms with Crippen molar-refractivity contribution in [3.05, 3.63) is 58.7 Å². The minimum Gasteiger partial charge on any atom is -0.479 e. The van der Waals surface area contributed by atoms with E-state index >= 15 is 0 Å². The van der Waals surface area contributed by atoms with Gasteiger partial charge in [0.25, 0.3) is 0 Å². The maximum Gasteiger partial charge on any atom is 0.340 e. The summed E-state index contributed by atoms with van der Waals surface area (Å²) in [5.41, 5.74) is 0.793. The summed E-state index contributed by atoms with van der Waals surface area (Å²) in [6, 6.07) is 9.86. The van der Waals surface area contributed by atoms with Gasteiger partial charge < -0.3 is 19.5 Å². The first kappa shape index (κ1) is 28.3. The second kappa shape index (κ2) is 10.4. The molecular weight excluding hydrogens is 548 g/mol. The van der Waals surface area contributed by atoms with Crippen LogP contribution >= 0.6 is 15.9 Å². The number of aliphatic carboxylic acids is 1. The van der Waals surface area contributed by atoms with Crippen molar-refractivity contribution in [2.75, 3.05) is 24.6 Å². The number of hydrogen-bond acceptors (Lipinski definition) is 6. The molecule has 3 heterocycles. The number of benzene rings is 1. The smallest absolute Gasteiger partial charge is 0.340 e. The average Bonchev–Trinajstić information content (AvgIpc) is 3.25. The summed E-state index contributed by atoms with van der Waals surface area (Å²) in [5.74, 6) is -0.387. The lowest BCUT2D eigenvalue weighted by molar-refractivity contribution is -0.183. The molecule has 1 unspecified atom stereocenters. The number of carbonyl (C=O) groups is 1. The molecule has 204 valence electrons. The number of aromatic nitrogens is 3. The molecule has 1 fully saturated rings. The molecule has 1 saturated heterocycles. The van der Waals surface area contributed by atoms with Gasteiger partial charge in [-0.25, -0.2) is 9.78 Å². The molecule has 0 amide bonds. The molecule has 1 aliphatic rings. The van der Waals surface area contributed by atoms with E-state index in [1.165, 1.54) is 0 Å². The first-order valence-electron chi connectivity index (χ1n) is 12.9. The largest absolute Gasteiger partial charge is 0.479 e. The lowest BCUT2D eigenvalue weighted by atomic mass is 9.90. The summed E-state index contributed by atoms with van der Waals surface area (Å²) in [4.78, 5) is 19.9. The Labute approximate surface area is 232 Å². The van der Waals surface area contributed by atoms with Crippen LogP contribution in [0.25, 0.3) is 16.9 Å². The molecule has 0 bridgehead atoms. The number of ether oxygens (including phenoxy) is 2. The minimum atomic E-state index is -1.65. The van der Waals surface area contributed by atoms with Crippen molar-refractivity contribution in [1.82, 2.24) is 14.6 Å². The molecular formula is C29H37BrN4O4. The maximum atomic E-state index is 12.9. The third kappa shape index (κ3) is 5.65. The minimum absolute atomic E-state index is 0.282. The van der Waals surface area contributed by atoms with Crippen LogP contribution in [0.1, 0.15) is 58.7 Å². The van der Waals surface area contributed by atoms with Crippen LogP contribution in [-0.2, 0) is 19.9 Å². The van der Waals surface area contributed by atoms with Crippen molar-refractivity contribution in [2.45, 2.75) is 71.2 Å². The summed E-state index contributed by atoms with van der Waals surface area (Å²) >= 11 is 3.54. The lowest BCUT2D eigenvalue weighted by Gasteiger charge is -2.42. The Balaban J connectivity index is 1.92. The van der Waals surface area contributed by atoms with E-state index in [0.717, 1.165) is 28.6 Å². The Morgan fingerprint density at radius 3 is 2.50 bits per heavy atom. The molecule has 1 atom stereocenters. The van der Waals surface area contributed by atoms with Crippen LogP contribution < -0.4 is 4.90 Å². The quantitative estimate of drug-likeness (QED) is 0.318. The van der Waals surface area contributed by atoms with Crippen LogP contribution in [0.5, 0.6) is 0 Å². The van der Waals surface area contributed by atoms with E-state index in [1.807, 2.05) is 58.0 Å². The molecule has 0 spiro atoms. The Kier molecular flexibility index (Phi) is 7.76. The summed E-state index contributed by atoms with van der Waals surface area (Å²) in [5, 5.41) is 15.5. The lowest BCUT2D eigenvalue weighted by Crippen LogP contribution is -2.48. The Hall–Kier alpha value is -2.75. The topological polar surface area (TPSA) is 89.2 Å². The van der Waals surface area contributed by atoms with E-state index in [2.05, 4.69) is 34.3 Å². The number of rotatable bonds is 8. The van der Waals surface area contributed by atoms with E-state index in [1.54, 1.807) is 17.5 Å². The molecule has 9 heteroatoms. The van der Waals surface area contributed by atoms with Crippen molar-refractivity contribution in [3.8, 4) is 11.3 Å². The molecule has 38 heavy (non-hydrogen) atoms. The molecule has 4 rings (SSSR count). The molecule has 3 aromatic rings. The highest BCUT2D eigenvalue weighted by Gasteiger charge is 2.46. The molecule has 1 aliphatic heterocycles. The van der Waals surface area contributed by atoms with Gasteiger partial charge in [0.2, 0.25) is 0 Å². The molecule has 8 nitrogen and oxygen atoms in total. The van der Waals surface area contributed by atoms with Crippen LogP contribution in [0.2, 0.25) is 0 Å². The number of hydrogen-bond donors (Lipinski definition) is 1. The Morgan fingerprint density at radius 2 is 1.92 bits per heavy atom. The first-order valence-corrected chi connectivity index (χ1v) is 13.7. The van der Waals surface area contributed by atoms with Crippen LogP contribution in [0.15, 0.2) is 47.5 Å². The number of nitrogens with zero attached hydrogens (tertiary/aromatic N) is 4. The van der Waals surface area contributed by atoms with Crippen LogP contribution in [0, 0.1) is 6.92 Å². The number of carboxylic acid groups (broad SMARTS) is 1. The van der Waals surface area contributed by atoms with Crippen LogP contribution in [0.3, 0.4) is 0 Å². The molecule has 2 aromatic heterocycles. The van der Waals surface area contributed by atoms with Gasteiger partial charge >= 0.3 is 5.97 Å². The number of carboxylic acids is 1. The summed E-state index contributed by atoms with van der Waals surface area (Å²) in [7, 11) is 0. The zero-order valence-corrected chi connectivity index (χ0v) is 24.6. The van der Waals surface area contributed by atoms with Crippen molar-refractivity contribution in [1.29, 1.82) is 0 Å². The Morgan fingerprint density at radius 1 is 1.24 bits per heavy atom. The molecule has 0 radical (unpaired) electrons. The van der Waals surface area contributed by atoms with Crippen molar-refractivity contribution >= 4 is 33.4 Å². The fourth-order valence-corrected chi connectivity index (χ4v) is 5.55. The van der Waals surface area contributed by atoms with E-state index in [9.17, 15) is 9.90 Å². The van der Waals surface area contributed by atoms with Crippen molar-refractivity contribution in [3.63, 3.8) is 0 Å².